The fourth-order valence-corrected chi connectivity index (χ4v) is 2.10. The first-order valence-corrected chi connectivity index (χ1v) is 6.07. The molecule has 1 aliphatic heterocycles. The number of aliphatic carboxylic acids is 1. The molecule has 1 amide bonds. The summed E-state index contributed by atoms with van der Waals surface area (Å²) in [7, 11) is 0. The van der Waals surface area contributed by atoms with Crippen LogP contribution in [-0.4, -0.2) is 52.8 Å². The highest BCUT2D eigenvalue weighted by molar-refractivity contribution is 5.79. The second-order valence-electron chi connectivity index (χ2n) is 4.53. The van der Waals surface area contributed by atoms with Crippen LogP contribution in [0.15, 0.2) is 10.6 Å². The van der Waals surface area contributed by atoms with Crippen molar-refractivity contribution in [1.82, 2.24) is 10.1 Å². The van der Waals surface area contributed by atoms with E-state index in [0.717, 1.165) is 0 Å². The van der Waals surface area contributed by atoms with Crippen molar-refractivity contribution < 1.29 is 24.0 Å². The molecule has 19 heavy (non-hydrogen) atoms. The lowest BCUT2D eigenvalue weighted by molar-refractivity contribution is -0.146. The number of carboxylic acid groups (broad SMARTS) is 1. The molecule has 0 unspecified atom stereocenters. The van der Waals surface area contributed by atoms with Gasteiger partial charge in [0.25, 0.3) is 0 Å². The molecular formula is C12H16N2O5. The van der Waals surface area contributed by atoms with E-state index in [2.05, 4.69) is 5.16 Å². The lowest BCUT2D eigenvalue weighted by Gasteiger charge is -2.34. The van der Waals surface area contributed by atoms with Crippen LogP contribution in [0.5, 0.6) is 0 Å². The molecule has 1 aliphatic rings. The van der Waals surface area contributed by atoms with Gasteiger partial charge in [0.2, 0.25) is 5.91 Å². The average molecular weight is 268 g/mol. The van der Waals surface area contributed by atoms with Crippen molar-refractivity contribution in [2.24, 2.45) is 0 Å². The Bertz CT molecular complexity index is 470. The second-order valence-corrected chi connectivity index (χ2v) is 4.53. The van der Waals surface area contributed by atoms with E-state index in [-0.39, 0.29) is 25.4 Å². The number of aromatic nitrogens is 1. The topological polar surface area (TPSA) is 92.9 Å². The van der Waals surface area contributed by atoms with Crippen LogP contribution in [0.25, 0.3) is 0 Å². The van der Waals surface area contributed by atoms with E-state index in [1.807, 2.05) is 0 Å². The van der Waals surface area contributed by atoms with Gasteiger partial charge in [-0.15, -0.1) is 0 Å². The summed E-state index contributed by atoms with van der Waals surface area (Å²) in [4.78, 5) is 24.5. The van der Waals surface area contributed by atoms with Crippen molar-refractivity contribution in [1.29, 1.82) is 0 Å². The monoisotopic (exact) mass is 268 g/mol. The minimum atomic E-state index is -0.941. The molecule has 0 aromatic carbocycles. The number of ether oxygens (including phenoxy) is 1. The molecule has 7 nitrogen and oxygen atoms in total. The number of nitrogens with zero attached hydrogens (tertiary/aromatic N) is 2. The van der Waals surface area contributed by atoms with E-state index in [1.165, 1.54) is 0 Å². The number of carboxylic acids is 1. The van der Waals surface area contributed by atoms with Crippen LogP contribution in [0.1, 0.15) is 17.9 Å². The third-order valence-electron chi connectivity index (χ3n) is 2.96. The minimum absolute atomic E-state index is 0.0942. The lowest BCUT2D eigenvalue weighted by Crippen LogP contribution is -2.50. The first kappa shape index (κ1) is 13.5. The highest BCUT2D eigenvalue weighted by atomic mass is 16.5. The smallest absolute Gasteiger partial charge is 0.305 e. The van der Waals surface area contributed by atoms with Crippen molar-refractivity contribution in [2.75, 3.05) is 19.8 Å². The number of carbonyl (C=O) groups is 2. The fraction of sp³-hybridized carbons (Fsp3) is 0.583. The van der Waals surface area contributed by atoms with E-state index in [0.29, 0.717) is 24.6 Å². The fourth-order valence-electron chi connectivity index (χ4n) is 2.10. The largest absolute Gasteiger partial charge is 0.481 e. The van der Waals surface area contributed by atoms with E-state index in [4.69, 9.17) is 14.4 Å². The van der Waals surface area contributed by atoms with Gasteiger partial charge < -0.3 is 19.3 Å². The van der Waals surface area contributed by atoms with Crippen LogP contribution in [0, 0.1) is 6.92 Å². The molecule has 0 aliphatic carbocycles. The molecule has 2 heterocycles. The molecule has 0 bridgehead atoms. The van der Waals surface area contributed by atoms with Crippen LogP contribution >= 0.6 is 0 Å². The van der Waals surface area contributed by atoms with E-state index < -0.39 is 12.0 Å². The third kappa shape index (κ3) is 3.54. The lowest BCUT2D eigenvalue weighted by atomic mass is 10.1. The molecule has 0 radical (unpaired) electrons. The molecule has 0 saturated carbocycles. The number of morpholine rings is 1. The maximum absolute atomic E-state index is 12.2. The number of aryl methyl sites for hydroxylation is 1. The van der Waals surface area contributed by atoms with Crippen LogP contribution in [0.2, 0.25) is 0 Å². The van der Waals surface area contributed by atoms with Gasteiger partial charge in [-0.2, -0.15) is 0 Å². The van der Waals surface area contributed by atoms with Crippen molar-refractivity contribution in [3.8, 4) is 0 Å². The molecule has 7 heteroatoms. The molecule has 104 valence electrons. The summed E-state index contributed by atoms with van der Waals surface area (Å²) < 4.78 is 10.2. The van der Waals surface area contributed by atoms with Crippen LogP contribution in [0.3, 0.4) is 0 Å². The van der Waals surface area contributed by atoms with Crippen molar-refractivity contribution in [3.05, 3.63) is 17.5 Å². The number of carbonyl (C=O) groups excluding carboxylic acids is 1. The second kappa shape index (κ2) is 5.83. The summed E-state index contributed by atoms with van der Waals surface area (Å²) >= 11 is 0. The van der Waals surface area contributed by atoms with Gasteiger partial charge in [-0.1, -0.05) is 5.16 Å². The van der Waals surface area contributed by atoms with Crippen LogP contribution in [0.4, 0.5) is 0 Å². The quantitative estimate of drug-likeness (QED) is 0.840. The van der Waals surface area contributed by atoms with E-state index in [1.54, 1.807) is 17.9 Å². The van der Waals surface area contributed by atoms with Crippen molar-refractivity contribution >= 4 is 11.9 Å². The zero-order chi connectivity index (χ0) is 13.8. The molecule has 1 aromatic heterocycles. The average Bonchev–Trinajstić information content (AvgIpc) is 2.74. The van der Waals surface area contributed by atoms with Crippen molar-refractivity contribution in [3.63, 3.8) is 0 Å². The van der Waals surface area contributed by atoms with Gasteiger partial charge in [0.15, 0.2) is 0 Å². The van der Waals surface area contributed by atoms with Gasteiger partial charge in [-0.25, -0.2) is 0 Å². The first-order chi connectivity index (χ1) is 9.06. The zero-order valence-electron chi connectivity index (χ0n) is 10.7. The predicted molar refractivity (Wildman–Crippen MR) is 63.5 cm³/mol. The van der Waals surface area contributed by atoms with E-state index in [9.17, 15) is 9.59 Å². The Morgan fingerprint density at radius 3 is 3.00 bits per heavy atom. The Morgan fingerprint density at radius 1 is 1.58 bits per heavy atom. The summed E-state index contributed by atoms with van der Waals surface area (Å²) in [5.74, 6) is -0.613. The van der Waals surface area contributed by atoms with Gasteiger partial charge in [0, 0.05) is 12.6 Å². The van der Waals surface area contributed by atoms with Gasteiger partial charge in [0.05, 0.1) is 37.8 Å². The summed E-state index contributed by atoms with van der Waals surface area (Å²) in [6, 6.07) is 1.28. The Hall–Kier alpha value is -1.89. The molecule has 1 N–H and O–H groups in total. The normalized spacial score (nSPS) is 19.4. The highest BCUT2D eigenvalue weighted by Gasteiger charge is 2.29. The molecule has 0 spiro atoms. The maximum atomic E-state index is 12.2. The van der Waals surface area contributed by atoms with Crippen molar-refractivity contribution in [2.45, 2.75) is 25.8 Å². The van der Waals surface area contributed by atoms with Gasteiger partial charge >= 0.3 is 5.97 Å². The third-order valence-corrected chi connectivity index (χ3v) is 2.96. The van der Waals surface area contributed by atoms with Crippen LogP contribution in [-0.2, 0) is 20.7 Å². The van der Waals surface area contributed by atoms with Gasteiger partial charge in [-0.05, 0) is 6.92 Å². The standard InChI is InChI=1S/C12H16N2O5/c1-8-4-10(19-13-8)6-11(15)14-2-3-18-7-9(14)5-12(16)17/h4,9H,2-3,5-7H2,1H3,(H,16,17)/t9-/m0/s1. The number of hydrogen-bond acceptors (Lipinski definition) is 5. The molecule has 2 rings (SSSR count). The minimum Gasteiger partial charge on any atom is -0.481 e. The summed E-state index contributed by atoms with van der Waals surface area (Å²) in [6.07, 6.45) is -0.0157. The Labute approximate surface area is 110 Å². The van der Waals surface area contributed by atoms with Gasteiger partial charge in [0.1, 0.15) is 5.76 Å². The summed E-state index contributed by atoms with van der Waals surface area (Å²) in [5, 5.41) is 12.6. The summed E-state index contributed by atoms with van der Waals surface area (Å²) in [6.45, 7) is 2.87. The van der Waals surface area contributed by atoms with Crippen LogP contribution < -0.4 is 0 Å². The SMILES string of the molecule is Cc1cc(CC(=O)N2CCOC[C@@H]2CC(=O)O)on1. The Morgan fingerprint density at radius 2 is 2.37 bits per heavy atom. The molecule has 1 saturated heterocycles. The summed E-state index contributed by atoms with van der Waals surface area (Å²) in [5.41, 5.74) is 0.715. The predicted octanol–water partition coefficient (Wildman–Crippen LogP) is 0.228. The molecular weight excluding hydrogens is 252 g/mol. The number of rotatable bonds is 4. The zero-order valence-corrected chi connectivity index (χ0v) is 10.7. The van der Waals surface area contributed by atoms with E-state index >= 15 is 0 Å². The number of hydrogen-bond donors (Lipinski definition) is 1. The van der Waals surface area contributed by atoms with Gasteiger partial charge in [-0.3, -0.25) is 9.59 Å². The number of amides is 1. The Kier molecular flexibility index (Phi) is 4.16. The molecule has 1 atom stereocenters. The molecule has 1 fully saturated rings. The highest BCUT2D eigenvalue weighted by Crippen LogP contribution is 2.14. The maximum Gasteiger partial charge on any atom is 0.305 e. The Balaban J connectivity index is 2.00. The first-order valence-electron chi connectivity index (χ1n) is 6.07. The molecule has 1 aromatic rings.